The third-order valence-corrected chi connectivity index (χ3v) is 3.35. The second-order valence-electron chi connectivity index (χ2n) is 5.66. The van der Waals surface area contributed by atoms with Crippen molar-refractivity contribution in [1.82, 2.24) is 10.2 Å². The van der Waals surface area contributed by atoms with Crippen molar-refractivity contribution in [2.45, 2.75) is 39.8 Å². The molecule has 0 saturated carbocycles. The lowest BCUT2D eigenvalue weighted by molar-refractivity contribution is 0.219. The predicted molar refractivity (Wildman–Crippen MR) is 79.7 cm³/mol. The van der Waals surface area contributed by atoms with Crippen LogP contribution in [-0.2, 0) is 6.54 Å². The molecular formula is C16H27FN2. The summed E-state index contributed by atoms with van der Waals surface area (Å²) in [6, 6.07) is 7.35. The van der Waals surface area contributed by atoms with Gasteiger partial charge in [0, 0.05) is 19.1 Å². The van der Waals surface area contributed by atoms with Gasteiger partial charge in [-0.05, 0) is 43.6 Å². The van der Waals surface area contributed by atoms with Crippen LogP contribution in [0.3, 0.4) is 0 Å². The van der Waals surface area contributed by atoms with Crippen LogP contribution in [0.1, 0.15) is 32.8 Å². The molecule has 1 N–H and O–H groups in total. The molecule has 0 aliphatic rings. The Labute approximate surface area is 117 Å². The Kier molecular flexibility index (Phi) is 7.03. The van der Waals surface area contributed by atoms with E-state index < -0.39 is 0 Å². The van der Waals surface area contributed by atoms with Gasteiger partial charge in [0.25, 0.3) is 0 Å². The molecule has 1 unspecified atom stereocenters. The minimum atomic E-state index is -0.156. The van der Waals surface area contributed by atoms with Crippen LogP contribution in [0.5, 0.6) is 0 Å². The fraction of sp³-hybridized carbons (Fsp3) is 0.625. The minimum absolute atomic E-state index is 0.156. The smallest absolute Gasteiger partial charge is 0.123 e. The van der Waals surface area contributed by atoms with E-state index in [1.54, 1.807) is 12.1 Å². The number of rotatable bonds is 8. The van der Waals surface area contributed by atoms with E-state index in [0.717, 1.165) is 31.6 Å². The van der Waals surface area contributed by atoms with Crippen molar-refractivity contribution in [3.8, 4) is 0 Å². The number of nitrogens with one attached hydrogen (secondary N) is 1. The maximum atomic E-state index is 13.2. The molecule has 1 rings (SSSR count). The molecule has 108 valence electrons. The molecule has 0 aliphatic carbocycles. The highest BCUT2D eigenvalue weighted by Crippen LogP contribution is 2.10. The zero-order valence-corrected chi connectivity index (χ0v) is 12.6. The first kappa shape index (κ1) is 16.1. The van der Waals surface area contributed by atoms with Gasteiger partial charge in [-0.3, -0.25) is 4.90 Å². The first-order valence-electron chi connectivity index (χ1n) is 7.18. The topological polar surface area (TPSA) is 15.3 Å². The van der Waals surface area contributed by atoms with Crippen LogP contribution in [0.2, 0.25) is 0 Å². The Bertz CT molecular complexity index is 366. The summed E-state index contributed by atoms with van der Waals surface area (Å²) in [6.45, 7) is 9.45. The highest BCUT2D eigenvalue weighted by Gasteiger charge is 2.13. The van der Waals surface area contributed by atoms with Gasteiger partial charge in [-0.15, -0.1) is 0 Å². The van der Waals surface area contributed by atoms with Crippen LogP contribution in [0.25, 0.3) is 0 Å². The number of benzene rings is 1. The standard InChI is InChI=1S/C16H27FN2/c1-5-16(11-18-10-13(2)3)19(4)12-14-7-6-8-15(17)9-14/h6-9,13,16,18H,5,10-12H2,1-4H3. The Hall–Kier alpha value is -0.930. The van der Waals surface area contributed by atoms with E-state index in [2.05, 4.69) is 38.0 Å². The molecule has 1 aromatic carbocycles. The minimum Gasteiger partial charge on any atom is -0.315 e. The molecule has 19 heavy (non-hydrogen) atoms. The molecule has 0 fully saturated rings. The second-order valence-corrected chi connectivity index (χ2v) is 5.66. The first-order valence-corrected chi connectivity index (χ1v) is 7.18. The number of hydrogen-bond acceptors (Lipinski definition) is 2. The maximum Gasteiger partial charge on any atom is 0.123 e. The van der Waals surface area contributed by atoms with Gasteiger partial charge in [-0.1, -0.05) is 32.9 Å². The first-order chi connectivity index (χ1) is 9.02. The molecule has 0 bridgehead atoms. The van der Waals surface area contributed by atoms with Gasteiger partial charge in [-0.25, -0.2) is 4.39 Å². The van der Waals surface area contributed by atoms with Crippen LogP contribution < -0.4 is 5.32 Å². The summed E-state index contributed by atoms with van der Waals surface area (Å²) in [7, 11) is 2.11. The molecule has 0 aliphatic heterocycles. The Morgan fingerprint density at radius 1 is 1.26 bits per heavy atom. The molecular weight excluding hydrogens is 239 g/mol. The third-order valence-electron chi connectivity index (χ3n) is 3.35. The van der Waals surface area contributed by atoms with E-state index in [1.165, 1.54) is 6.07 Å². The van der Waals surface area contributed by atoms with Gasteiger partial charge in [-0.2, -0.15) is 0 Å². The summed E-state index contributed by atoms with van der Waals surface area (Å²) in [6.07, 6.45) is 1.09. The van der Waals surface area contributed by atoms with Crippen LogP contribution in [0, 0.1) is 11.7 Å². The summed E-state index contributed by atoms with van der Waals surface area (Å²) in [4.78, 5) is 2.29. The average molecular weight is 266 g/mol. The van der Waals surface area contributed by atoms with E-state index >= 15 is 0 Å². The molecule has 0 heterocycles. The molecule has 0 saturated heterocycles. The van der Waals surface area contributed by atoms with Crippen LogP contribution in [-0.4, -0.2) is 31.1 Å². The molecule has 0 spiro atoms. The van der Waals surface area contributed by atoms with E-state index in [-0.39, 0.29) is 5.82 Å². The summed E-state index contributed by atoms with van der Waals surface area (Å²) >= 11 is 0. The van der Waals surface area contributed by atoms with E-state index in [1.807, 2.05) is 6.07 Å². The molecule has 1 aromatic rings. The second kappa shape index (κ2) is 8.28. The number of hydrogen-bond donors (Lipinski definition) is 1. The SMILES string of the molecule is CCC(CNCC(C)C)N(C)Cc1cccc(F)c1. The molecule has 1 atom stereocenters. The Morgan fingerprint density at radius 3 is 2.58 bits per heavy atom. The van der Waals surface area contributed by atoms with E-state index in [4.69, 9.17) is 0 Å². The molecule has 0 aromatic heterocycles. The van der Waals surface area contributed by atoms with Crippen LogP contribution >= 0.6 is 0 Å². The lowest BCUT2D eigenvalue weighted by atomic mass is 10.1. The van der Waals surface area contributed by atoms with Crippen molar-refractivity contribution in [2.75, 3.05) is 20.1 Å². The van der Waals surface area contributed by atoms with Crippen LogP contribution in [0.15, 0.2) is 24.3 Å². The van der Waals surface area contributed by atoms with Gasteiger partial charge in [0.2, 0.25) is 0 Å². The van der Waals surface area contributed by atoms with Gasteiger partial charge in [0.05, 0.1) is 0 Å². The van der Waals surface area contributed by atoms with E-state index in [9.17, 15) is 4.39 Å². The van der Waals surface area contributed by atoms with Crippen molar-refractivity contribution < 1.29 is 4.39 Å². The third kappa shape index (κ3) is 6.17. The summed E-state index contributed by atoms with van der Waals surface area (Å²) in [5, 5.41) is 3.50. The number of likely N-dealkylation sites (N-methyl/N-ethyl adjacent to an activating group) is 1. The van der Waals surface area contributed by atoms with Crippen molar-refractivity contribution in [3.63, 3.8) is 0 Å². The molecule has 0 radical (unpaired) electrons. The van der Waals surface area contributed by atoms with Crippen molar-refractivity contribution in [2.24, 2.45) is 5.92 Å². The summed E-state index contributed by atoms with van der Waals surface area (Å²) in [5.74, 6) is 0.517. The van der Waals surface area contributed by atoms with Crippen molar-refractivity contribution in [3.05, 3.63) is 35.6 Å². The zero-order valence-electron chi connectivity index (χ0n) is 12.6. The Balaban J connectivity index is 2.46. The number of nitrogens with zero attached hydrogens (tertiary/aromatic N) is 1. The fourth-order valence-corrected chi connectivity index (χ4v) is 2.20. The van der Waals surface area contributed by atoms with Crippen molar-refractivity contribution in [1.29, 1.82) is 0 Å². The number of halogens is 1. The summed E-state index contributed by atoms with van der Waals surface area (Å²) in [5.41, 5.74) is 1.03. The average Bonchev–Trinajstić information content (AvgIpc) is 2.34. The predicted octanol–water partition coefficient (Wildman–Crippen LogP) is 3.28. The fourth-order valence-electron chi connectivity index (χ4n) is 2.20. The highest BCUT2D eigenvalue weighted by molar-refractivity contribution is 5.16. The molecule has 0 amide bonds. The lowest BCUT2D eigenvalue weighted by Gasteiger charge is -2.28. The highest BCUT2D eigenvalue weighted by atomic mass is 19.1. The maximum absolute atomic E-state index is 13.2. The van der Waals surface area contributed by atoms with Gasteiger partial charge < -0.3 is 5.32 Å². The lowest BCUT2D eigenvalue weighted by Crippen LogP contribution is -2.40. The largest absolute Gasteiger partial charge is 0.315 e. The monoisotopic (exact) mass is 266 g/mol. The molecule has 2 nitrogen and oxygen atoms in total. The van der Waals surface area contributed by atoms with Gasteiger partial charge in [0.15, 0.2) is 0 Å². The quantitative estimate of drug-likeness (QED) is 0.777. The van der Waals surface area contributed by atoms with Gasteiger partial charge in [0.1, 0.15) is 5.82 Å². The van der Waals surface area contributed by atoms with Crippen LogP contribution in [0.4, 0.5) is 4.39 Å². The van der Waals surface area contributed by atoms with E-state index in [0.29, 0.717) is 12.0 Å². The van der Waals surface area contributed by atoms with Gasteiger partial charge >= 0.3 is 0 Å². The molecule has 3 heteroatoms. The van der Waals surface area contributed by atoms with Crippen molar-refractivity contribution >= 4 is 0 Å². The normalized spacial score (nSPS) is 13.2. The summed E-state index contributed by atoms with van der Waals surface area (Å²) < 4.78 is 13.2. The Morgan fingerprint density at radius 2 is 2.00 bits per heavy atom. The zero-order chi connectivity index (χ0) is 14.3.